The quantitative estimate of drug-likeness (QED) is 0.828. The van der Waals surface area contributed by atoms with E-state index in [-0.39, 0.29) is 5.91 Å². The lowest BCUT2D eigenvalue weighted by atomic mass is 10.2. The van der Waals surface area contributed by atoms with E-state index in [0.717, 1.165) is 11.4 Å². The lowest BCUT2D eigenvalue weighted by Crippen LogP contribution is -2.35. The molecule has 1 amide bonds. The lowest BCUT2D eigenvalue weighted by molar-refractivity contribution is -0.129. The summed E-state index contributed by atoms with van der Waals surface area (Å²) in [6, 6.07) is 9.74. The Labute approximate surface area is 117 Å². The maximum absolute atomic E-state index is 11.5. The largest absolute Gasteiger partial charge is 0.372 e. The average Bonchev–Trinajstić information content (AvgIpc) is 2.96. The van der Waals surface area contributed by atoms with Crippen LogP contribution in [0.25, 0.3) is 11.4 Å². The Morgan fingerprint density at radius 1 is 1.40 bits per heavy atom. The van der Waals surface area contributed by atoms with E-state index in [1.54, 1.807) is 6.92 Å². The molecule has 0 aliphatic rings. The second kappa shape index (κ2) is 6.81. The van der Waals surface area contributed by atoms with Crippen molar-refractivity contribution < 1.29 is 9.53 Å². The zero-order valence-corrected chi connectivity index (χ0v) is 11.6. The molecule has 6 heteroatoms. The highest BCUT2D eigenvalue weighted by molar-refractivity contribution is 5.80. The van der Waals surface area contributed by atoms with Crippen LogP contribution in [0.4, 0.5) is 0 Å². The van der Waals surface area contributed by atoms with Crippen LogP contribution in [0.3, 0.4) is 0 Å². The Kier molecular flexibility index (Phi) is 4.84. The first-order valence-electron chi connectivity index (χ1n) is 6.48. The van der Waals surface area contributed by atoms with Gasteiger partial charge in [-0.25, -0.2) is 4.98 Å². The van der Waals surface area contributed by atoms with Gasteiger partial charge >= 0.3 is 0 Å². The van der Waals surface area contributed by atoms with Crippen molar-refractivity contribution in [3.63, 3.8) is 0 Å². The number of methoxy groups -OCH3 is 1. The molecule has 1 unspecified atom stereocenters. The van der Waals surface area contributed by atoms with Crippen LogP contribution >= 0.6 is 0 Å². The maximum Gasteiger partial charge on any atom is 0.248 e. The molecule has 0 aliphatic heterocycles. The molecule has 2 N–H and O–H groups in total. The maximum atomic E-state index is 11.5. The van der Waals surface area contributed by atoms with Crippen LogP contribution in [0.1, 0.15) is 12.7 Å². The molecule has 106 valence electrons. The van der Waals surface area contributed by atoms with Gasteiger partial charge < -0.3 is 10.1 Å². The van der Waals surface area contributed by atoms with Crippen LogP contribution in [0, 0.1) is 0 Å². The van der Waals surface area contributed by atoms with E-state index < -0.39 is 6.10 Å². The first-order valence-corrected chi connectivity index (χ1v) is 6.48. The van der Waals surface area contributed by atoms with E-state index in [1.165, 1.54) is 7.11 Å². The summed E-state index contributed by atoms with van der Waals surface area (Å²) in [7, 11) is 1.51. The van der Waals surface area contributed by atoms with Crippen molar-refractivity contribution in [2.75, 3.05) is 13.7 Å². The molecule has 0 fully saturated rings. The van der Waals surface area contributed by atoms with Gasteiger partial charge in [0, 0.05) is 25.6 Å². The zero-order valence-electron chi connectivity index (χ0n) is 11.6. The van der Waals surface area contributed by atoms with Crippen LogP contribution in [-0.2, 0) is 16.0 Å². The minimum Gasteiger partial charge on any atom is -0.372 e. The molecule has 2 aromatic rings. The van der Waals surface area contributed by atoms with Crippen molar-refractivity contribution in [3.05, 3.63) is 36.2 Å². The van der Waals surface area contributed by atoms with E-state index >= 15 is 0 Å². The predicted molar refractivity (Wildman–Crippen MR) is 75.0 cm³/mol. The van der Waals surface area contributed by atoms with E-state index in [1.807, 2.05) is 30.3 Å². The fourth-order valence-electron chi connectivity index (χ4n) is 1.68. The molecular weight excluding hydrogens is 256 g/mol. The minimum atomic E-state index is -0.440. The third-order valence-electron chi connectivity index (χ3n) is 2.95. The molecule has 1 aromatic heterocycles. The van der Waals surface area contributed by atoms with Crippen molar-refractivity contribution in [1.29, 1.82) is 0 Å². The highest BCUT2D eigenvalue weighted by atomic mass is 16.5. The molecule has 0 saturated heterocycles. The topological polar surface area (TPSA) is 79.9 Å². The Balaban J connectivity index is 1.86. The number of hydrogen-bond acceptors (Lipinski definition) is 4. The van der Waals surface area contributed by atoms with E-state index in [9.17, 15) is 4.79 Å². The van der Waals surface area contributed by atoms with Crippen LogP contribution in [0.15, 0.2) is 30.3 Å². The Morgan fingerprint density at radius 2 is 2.15 bits per heavy atom. The minimum absolute atomic E-state index is 0.129. The number of aromatic nitrogens is 3. The van der Waals surface area contributed by atoms with E-state index in [4.69, 9.17) is 4.74 Å². The van der Waals surface area contributed by atoms with Crippen molar-refractivity contribution in [2.24, 2.45) is 0 Å². The number of nitrogens with one attached hydrogen (secondary N) is 2. The highest BCUT2D eigenvalue weighted by Gasteiger charge is 2.11. The third-order valence-corrected chi connectivity index (χ3v) is 2.95. The molecule has 1 aromatic carbocycles. The van der Waals surface area contributed by atoms with Gasteiger partial charge in [-0.05, 0) is 6.92 Å². The fourth-order valence-corrected chi connectivity index (χ4v) is 1.68. The van der Waals surface area contributed by atoms with E-state index in [0.29, 0.717) is 18.8 Å². The summed E-state index contributed by atoms with van der Waals surface area (Å²) in [4.78, 5) is 15.9. The van der Waals surface area contributed by atoms with Crippen molar-refractivity contribution in [3.8, 4) is 11.4 Å². The standard InChI is InChI=1S/C14H18N4O2/c1-10(20-2)14(19)15-9-8-12-16-13(18-17-12)11-6-4-3-5-7-11/h3-7,10H,8-9H2,1-2H3,(H,15,19)(H,16,17,18). The van der Waals surface area contributed by atoms with Gasteiger partial charge in [-0.1, -0.05) is 30.3 Å². The SMILES string of the molecule is COC(C)C(=O)NCCc1nc(-c2ccccc2)n[nH]1. The normalized spacial score (nSPS) is 12.1. The summed E-state index contributed by atoms with van der Waals surface area (Å²) in [5, 5.41) is 9.82. The van der Waals surface area contributed by atoms with Crippen LogP contribution in [0.2, 0.25) is 0 Å². The molecule has 20 heavy (non-hydrogen) atoms. The predicted octanol–water partition coefficient (Wildman–Crippen LogP) is 1.17. The Morgan fingerprint density at radius 3 is 2.85 bits per heavy atom. The number of aromatic amines is 1. The van der Waals surface area contributed by atoms with Gasteiger partial charge in [-0.2, -0.15) is 5.10 Å². The summed E-state index contributed by atoms with van der Waals surface area (Å²) in [5.74, 6) is 1.28. The number of rotatable bonds is 6. The second-order valence-electron chi connectivity index (χ2n) is 4.39. The van der Waals surface area contributed by atoms with Gasteiger partial charge in [-0.15, -0.1) is 0 Å². The molecule has 2 rings (SSSR count). The number of H-pyrrole nitrogens is 1. The van der Waals surface area contributed by atoms with Gasteiger partial charge in [0.1, 0.15) is 11.9 Å². The van der Waals surface area contributed by atoms with Crippen molar-refractivity contribution >= 4 is 5.91 Å². The summed E-state index contributed by atoms with van der Waals surface area (Å²) in [5.41, 5.74) is 0.965. The van der Waals surface area contributed by atoms with Crippen LogP contribution < -0.4 is 5.32 Å². The summed E-state index contributed by atoms with van der Waals surface area (Å²) in [6.45, 7) is 2.20. The number of carbonyl (C=O) groups excluding carboxylic acids is 1. The van der Waals surface area contributed by atoms with Gasteiger partial charge in [0.15, 0.2) is 5.82 Å². The third kappa shape index (κ3) is 3.64. The number of carbonyl (C=O) groups is 1. The summed E-state index contributed by atoms with van der Waals surface area (Å²) in [6.07, 6.45) is 0.159. The Hall–Kier alpha value is -2.21. The average molecular weight is 274 g/mol. The van der Waals surface area contributed by atoms with Gasteiger partial charge in [-0.3, -0.25) is 9.89 Å². The molecule has 0 saturated carbocycles. The smallest absolute Gasteiger partial charge is 0.248 e. The monoisotopic (exact) mass is 274 g/mol. The first-order chi connectivity index (χ1) is 9.70. The van der Waals surface area contributed by atoms with E-state index in [2.05, 4.69) is 20.5 Å². The fraction of sp³-hybridized carbons (Fsp3) is 0.357. The highest BCUT2D eigenvalue weighted by Crippen LogP contribution is 2.13. The molecule has 0 spiro atoms. The first kappa shape index (κ1) is 14.2. The second-order valence-corrected chi connectivity index (χ2v) is 4.39. The molecule has 6 nitrogen and oxygen atoms in total. The molecule has 0 aliphatic carbocycles. The summed E-state index contributed by atoms with van der Waals surface area (Å²) < 4.78 is 4.93. The Bertz CT molecular complexity index is 553. The number of nitrogens with zero attached hydrogens (tertiary/aromatic N) is 2. The molecular formula is C14H18N4O2. The van der Waals surface area contributed by atoms with Gasteiger partial charge in [0.2, 0.25) is 5.91 Å². The van der Waals surface area contributed by atoms with Crippen molar-refractivity contribution in [1.82, 2.24) is 20.5 Å². The van der Waals surface area contributed by atoms with Crippen molar-refractivity contribution in [2.45, 2.75) is 19.4 Å². The summed E-state index contributed by atoms with van der Waals surface area (Å²) >= 11 is 0. The van der Waals surface area contributed by atoms with Crippen LogP contribution in [0.5, 0.6) is 0 Å². The van der Waals surface area contributed by atoms with Gasteiger partial charge in [0.05, 0.1) is 0 Å². The lowest BCUT2D eigenvalue weighted by Gasteiger charge is -2.09. The molecule has 1 heterocycles. The molecule has 0 radical (unpaired) electrons. The number of ether oxygens (including phenoxy) is 1. The zero-order chi connectivity index (χ0) is 14.4. The van der Waals surface area contributed by atoms with Crippen LogP contribution in [-0.4, -0.2) is 40.8 Å². The number of hydrogen-bond donors (Lipinski definition) is 2. The number of benzene rings is 1. The molecule has 1 atom stereocenters. The van der Waals surface area contributed by atoms with Gasteiger partial charge in [0.25, 0.3) is 0 Å². The number of amides is 1. The molecule has 0 bridgehead atoms.